The highest BCUT2D eigenvalue weighted by Crippen LogP contribution is 2.42. The zero-order valence-corrected chi connectivity index (χ0v) is 15.7. The van der Waals surface area contributed by atoms with Gasteiger partial charge in [0.05, 0.1) is 38.1 Å². The number of nitrogens with zero attached hydrogens (tertiary/aromatic N) is 2. The Balaban J connectivity index is 1.94. The van der Waals surface area contributed by atoms with Gasteiger partial charge < -0.3 is 19.1 Å². The minimum absolute atomic E-state index is 0.0101. The van der Waals surface area contributed by atoms with Crippen molar-refractivity contribution in [1.29, 1.82) is 0 Å². The molecule has 1 aliphatic heterocycles. The van der Waals surface area contributed by atoms with Gasteiger partial charge in [0.1, 0.15) is 17.2 Å². The maximum Gasteiger partial charge on any atom is 0.387 e. The Bertz CT molecular complexity index is 809. The molecule has 1 atom stereocenters. The molecule has 1 unspecified atom stereocenters. The van der Waals surface area contributed by atoms with E-state index in [4.69, 9.17) is 9.47 Å². The Hall–Kier alpha value is -2.90. The molecule has 1 aromatic heterocycles. The van der Waals surface area contributed by atoms with Gasteiger partial charge in [0.2, 0.25) is 5.91 Å². The van der Waals surface area contributed by atoms with Crippen LogP contribution in [0.4, 0.5) is 8.78 Å². The molecule has 0 aliphatic carbocycles. The van der Waals surface area contributed by atoms with Crippen molar-refractivity contribution >= 4 is 5.91 Å². The van der Waals surface area contributed by atoms with Gasteiger partial charge in [-0.15, -0.1) is 0 Å². The number of ether oxygens (including phenoxy) is 3. The van der Waals surface area contributed by atoms with Crippen molar-refractivity contribution in [2.24, 2.45) is 0 Å². The Kier molecular flexibility index (Phi) is 6.28. The predicted octanol–water partition coefficient (Wildman–Crippen LogP) is 3.95. The van der Waals surface area contributed by atoms with Crippen LogP contribution in [0.1, 0.15) is 36.6 Å². The minimum Gasteiger partial charge on any atom is -0.496 e. The molecule has 3 rings (SSSR count). The van der Waals surface area contributed by atoms with Crippen molar-refractivity contribution < 1.29 is 27.8 Å². The highest BCUT2D eigenvalue weighted by atomic mass is 19.3. The minimum atomic E-state index is -2.92. The van der Waals surface area contributed by atoms with E-state index in [1.54, 1.807) is 19.1 Å². The number of piperidine rings is 1. The number of amides is 1. The lowest BCUT2D eigenvalue weighted by molar-refractivity contribution is -0.137. The molecule has 0 radical (unpaired) electrons. The zero-order valence-electron chi connectivity index (χ0n) is 15.7. The summed E-state index contributed by atoms with van der Waals surface area (Å²) in [5, 5.41) is 0. The van der Waals surface area contributed by atoms with Gasteiger partial charge in [-0.25, -0.2) is 0 Å². The molecule has 8 heteroatoms. The van der Waals surface area contributed by atoms with Gasteiger partial charge in [0, 0.05) is 18.7 Å². The number of carbonyl (C=O) groups excluding carboxylic acids is 1. The Morgan fingerprint density at radius 1 is 1.21 bits per heavy atom. The Labute approximate surface area is 162 Å². The highest BCUT2D eigenvalue weighted by Gasteiger charge is 2.33. The van der Waals surface area contributed by atoms with Crippen LogP contribution in [0.25, 0.3) is 0 Å². The molecule has 1 aliphatic rings. The smallest absolute Gasteiger partial charge is 0.387 e. The van der Waals surface area contributed by atoms with Gasteiger partial charge in [0.15, 0.2) is 0 Å². The molecular formula is C20H22F2N2O4. The van der Waals surface area contributed by atoms with E-state index in [0.717, 1.165) is 18.4 Å². The van der Waals surface area contributed by atoms with Gasteiger partial charge >= 0.3 is 6.61 Å². The van der Waals surface area contributed by atoms with E-state index in [0.29, 0.717) is 23.6 Å². The average molecular weight is 392 g/mol. The van der Waals surface area contributed by atoms with Gasteiger partial charge in [-0.05, 0) is 31.0 Å². The van der Waals surface area contributed by atoms with Crippen LogP contribution < -0.4 is 14.2 Å². The number of halogens is 2. The maximum absolute atomic E-state index is 12.7. The van der Waals surface area contributed by atoms with Crippen LogP contribution in [0.3, 0.4) is 0 Å². The van der Waals surface area contributed by atoms with E-state index in [2.05, 4.69) is 9.72 Å². The normalized spacial score (nSPS) is 17.0. The molecule has 2 aromatic rings. The first-order valence-corrected chi connectivity index (χ1v) is 8.93. The van der Waals surface area contributed by atoms with E-state index in [1.807, 2.05) is 18.2 Å². The lowest BCUT2D eigenvalue weighted by Crippen LogP contribution is -2.38. The fraction of sp³-hybridized carbons (Fsp3) is 0.400. The van der Waals surface area contributed by atoms with Gasteiger partial charge in [-0.3, -0.25) is 9.78 Å². The number of aromatic nitrogens is 1. The predicted molar refractivity (Wildman–Crippen MR) is 97.6 cm³/mol. The number of carbonyl (C=O) groups is 1. The number of hydrogen-bond acceptors (Lipinski definition) is 5. The van der Waals surface area contributed by atoms with E-state index >= 15 is 0 Å². The van der Waals surface area contributed by atoms with Crippen molar-refractivity contribution in [3.63, 3.8) is 0 Å². The van der Waals surface area contributed by atoms with Crippen molar-refractivity contribution in [1.82, 2.24) is 9.88 Å². The lowest BCUT2D eigenvalue weighted by atomic mass is 9.93. The monoisotopic (exact) mass is 392 g/mol. The molecule has 6 nitrogen and oxygen atoms in total. The fourth-order valence-corrected chi connectivity index (χ4v) is 3.52. The highest BCUT2D eigenvalue weighted by molar-refractivity contribution is 5.78. The second-order valence-electron chi connectivity index (χ2n) is 6.37. The van der Waals surface area contributed by atoms with E-state index < -0.39 is 6.61 Å². The van der Waals surface area contributed by atoms with Crippen LogP contribution in [0.2, 0.25) is 0 Å². The largest absolute Gasteiger partial charge is 0.496 e. The van der Waals surface area contributed by atoms with E-state index in [9.17, 15) is 13.6 Å². The number of hydrogen-bond donors (Lipinski definition) is 0. The van der Waals surface area contributed by atoms with Crippen LogP contribution in [0, 0.1) is 0 Å². The summed E-state index contributed by atoms with van der Waals surface area (Å²) in [6.07, 6.45) is 3.28. The average Bonchev–Trinajstić information content (AvgIpc) is 2.68. The molecule has 0 spiro atoms. The van der Waals surface area contributed by atoms with Crippen LogP contribution in [0.15, 0.2) is 36.5 Å². The summed E-state index contributed by atoms with van der Waals surface area (Å²) in [7, 11) is 3.14. The number of benzene rings is 1. The molecular weight excluding hydrogens is 370 g/mol. The SMILES string of the molecule is COc1cccc(OC)c1C1CCCC(=O)N1Cc1cc(OC(F)F)ccn1. The summed E-state index contributed by atoms with van der Waals surface area (Å²) in [5.41, 5.74) is 1.26. The Morgan fingerprint density at radius 3 is 2.57 bits per heavy atom. The van der Waals surface area contributed by atoms with E-state index in [-0.39, 0.29) is 24.2 Å². The molecule has 1 aromatic carbocycles. The summed E-state index contributed by atoms with van der Waals surface area (Å²) in [5.74, 6) is 1.24. The van der Waals surface area contributed by atoms with Crippen LogP contribution in [-0.4, -0.2) is 36.6 Å². The third-order valence-corrected chi connectivity index (χ3v) is 4.71. The standard InChI is InChI=1S/C20H22F2N2O4/c1-26-16-6-4-7-17(27-2)19(16)15-5-3-8-18(25)24(15)12-13-11-14(9-10-23-13)28-20(21)22/h4,6-7,9-11,15,20H,3,5,8,12H2,1-2H3. The number of rotatable bonds is 7. The first kappa shape index (κ1) is 19.9. The molecule has 1 amide bonds. The van der Waals surface area contributed by atoms with Crippen LogP contribution in [0.5, 0.6) is 17.2 Å². The second kappa shape index (κ2) is 8.86. The van der Waals surface area contributed by atoms with Gasteiger partial charge in [0.25, 0.3) is 0 Å². The summed E-state index contributed by atoms with van der Waals surface area (Å²) >= 11 is 0. The first-order valence-electron chi connectivity index (χ1n) is 8.93. The Morgan fingerprint density at radius 2 is 1.93 bits per heavy atom. The molecule has 28 heavy (non-hydrogen) atoms. The first-order chi connectivity index (χ1) is 13.5. The molecule has 150 valence electrons. The van der Waals surface area contributed by atoms with Gasteiger partial charge in [-0.1, -0.05) is 6.07 Å². The summed E-state index contributed by atoms with van der Waals surface area (Å²) in [4.78, 5) is 18.6. The number of methoxy groups -OCH3 is 2. The van der Waals surface area contributed by atoms with Crippen LogP contribution in [-0.2, 0) is 11.3 Å². The summed E-state index contributed by atoms with van der Waals surface area (Å²) < 4.78 is 40.4. The third kappa shape index (κ3) is 4.32. The van der Waals surface area contributed by atoms with Crippen molar-refractivity contribution in [3.8, 4) is 17.2 Å². The van der Waals surface area contributed by atoms with Gasteiger partial charge in [-0.2, -0.15) is 8.78 Å². The van der Waals surface area contributed by atoms with Crippen molar-refractivity contribution in [2.75, 3.05) is 14.2 Å². The molecule has 1 saturated heterocycles. The van der Waals surface area contributed by atoms with Crippen molar-refractivity contribution in [2.45, 2.75) is 38.5 Å². The molecule has 1 fully saturated rings. The molecule has 0 bridgehead atoms. The topological polar surface area (TPSA) is 60.9 Å². The lowest BCUT2D eigenvalue weighted by Gasteiger charge is -2.37. The second-order valence-corrected chi connectivity index (χ2v) is 6.37. The zero-order chi connectivity index (χ0) is 20.1. The fourth-order valence-electron chi connectivity index (χ4n) is 3.52. The summed E-state index contributed by atoms with van der Waals surface area (Å²) in [6.45, 7) is -2.75. The summed E-state index contributed by atoms with van der Waals surface area (Å²) in [6, 6.07) is 7.98. The molecule has 0 N–H and O–H groups in total. The molecule has 0 saturated carbocycles. The molecule has 2 heterocycles. The quantitative estimate of drug-likeness (QED) is 0.714. The van der Waals surface area contributed by atoms with Crippen LogP contribution >= 0.6 is 0 Å². The number of pyridine rings is 1. The number of likely N-dealkylation sites (tertiary alicyclic amines) is 1. The van der Waals surface area contributed by atoms with Crippen molar-refractivity contribution in [3.05, 3.63) is 47.8 Å². The number of alkyl halides is 2. The maximum atomic E-state index is 12.7. The third-order valence-electron chi connectivity index (χ3n) is 4.71. The van der Waals surface area contributed by atoms with E-state index in [1.165, 1.54) is 18.3 Å².